The van der Waals surface area contributed by atoms with Crippen molar-refractivity contribution in [2.75, 3.05) is 21.3 Å². The van der Waals surface area contributed by atoms with E-state index in [1.807, 2.05) is 24.3 Å². The molecule has 0 saturated carbocycles. The number of nitrogens with zero attached hydrogens (tertiary/aromatic N) is 1. The minimum atomic E-state index is -2.65. The number of aromatic nitrogens is 1. The van der Waals surface area contributed by atoms with Gasteiger partial charge in [0.15, 0.2) is 0 Å². The molecule has 0 radical (unpaired) electrons. The number of methoxy groups -OCH3 is 3. The zero-order valence-electron chi connectivity index (χ0n) is 19.8. The Kier molecular flexibility index (Phi) is 7.85. The van der Waals surface area contributed by atoms with Crippen molar-refractivity contribution in [3.8, 4) is 5.88 Å². The van der Waals surface area contributed by atoms with E-state index in [0.717, 1.165) is 5.56 Å². The molecule has 3 rings (SSSR count). The van der Waals surface area contributed by atoms with Gasteiger partial charge in [0, 0.05) is 19.8 Å². The Morgan fingerprint density at radius 3 is 1.75 bits per heavy atom. The van der Waals surface area contributed by atoms with E-state index in [2.05, 4.69) is 74.3 Å². The number of hydrogen-bond donors (Lipinski definition) is 0. The number of pyridine rings is 1. The summed E-state index contributed by atoms with van der Waals surface area (Å²) in [5, 5.41) is 2.37. The molecule has 0 spiro atoms. The zero-order chi connectivity index (χ0) is 23.2. The van der Waals surface area contributed by atoms with E-state index in [0.29, 0.717) is 18.2 Å². The lowest BCUT2D eigenvalue weighted by atomic mass is 10.2. The first kappa shape index (κ1) is 24.1. The predicted molar refractivity (Wildman–Crippen MR) is 130 cm³/mol. The number of ether oxygens (including phenoxy) is 3. The monoisotopic (exact) mass is 451 g/mol. The Morgan fingerprint density at radius 1 is 0.781 bits per heavy atom. The molecule has 0 N–H and O–H groups in total. The fraction of sp³-hybridized carbons (Fsp3) is 0.346. The minimum Gasteiger partial charge on any atom is -0.481 e. The average Bonchev–Trinajstić information content (AvgIpc) is 2.81. The predicted octanol–water partition coefficient (Wildman–Crippen LogP) is 4.46. The van der Waals surface area contributed by atoms with Crippen LogP contribution < -0.4 is 15.1 Å². The highest BCUT2D eigenvalue weighted by molar-refractivity contribution is 6.99. The maximum absolute atomic E-state index is 7.00. The highest BCUT2D eigenvalue weighted by atomic mass is 28.4. The molecule has 5 nitrogen and oxygen atoms in total. The summed E-state index contributed by atoms with van der Waals surface area (Å²) >= 11 is 0. The van der Waals surface area contributed by atoms with E-state index < -0.39 is 14.6 Å². The Labute approximate surface area is 192 Å². The molecule has 0 saturated heterocycles. The van der Waals surface area contributed by atoms with Gasteiger partial charge in [-0.1, -0.05) is 81.4 Å². The van der Waals surface area contributed by atoms with Crippen LogP contribution in [-0.2, 0) is 20.5 Å². The standard InChI is InChI=1S/C26H33NO4Si/c1-26(2,3)32(21-13-9-7-10-14-21,22-15-11-8-12-16-22)31-19-20-17-18-23(25(29-5)30-6)27-24(20)28-4/h7-18,25H,19H2,1-6H3. The van der Waals surface area contributed by atoms with Gasteiger partial charge in [0.05, 0.1) is 13.7 Å². The molecule has 1 aromatic heterocycles. The first-order chi connectivity index (χ1) is 15.4. The molecule has 0 aliphatic heterocycles. The second-order valence-corrected chi connectivity index (χ2v) is 13.0. The van der Waals surface area contributed by atoms with Gasteiger partial charge in [-0.25, -0.2) is 4.98 Å². The summed E-state index contributed by atoms with van der Waals surface area (Å²) in [6.07, 6.45) is -0.546. The fourth-order valence-electron chi connectivity index (χ4n) is 4.19. The molecule has 0 fully saturated rings. The van der Waals surface area contributed by atoms with Crippen molar-refractivity contribution in [2.45, 2.75) is 38.7 Å². The minimum absolute atomic E-state index is 0.104. The fourth-order valence-corrected chi connectivity index (χ4v) is 8.71. The van der Waals surface area contributed by atoms with Gasteiger partial charge in [0.2, 0.25) is 12.2 Å². The van der Waals surface area contributed by atoms with E-state index >= 15 is 0 Å². The van der Waals surface area contributed by atoms with Crippen molar-refractivity contribution in [3.63, 3.8) is 0 Å². The van der Waals surface area contributed by atoms with Gasteiger partial charge in [-0.05, 0) is 27.5 Å². The molecule has 0 atom stereocenters. The Balaban J connectivity index is 2.05. The van der Waals surface area contributed by atoms with Crippen LogP contribution in [0.2, 0.25) is 5.04 Å². The van der Waals surface area contributed by atoms with Crippen LogP contribution in [0.5, 0.6) is 5.88 Å². The molecule has 0 unspecified atom stereocenters. The summed E-state index contributed by atoms with van der Waals surface area (Å²) < 4.78 is 23.3. The smallest absolute Gasteiger partial charge is 0.261 e. The largest absolute Gasteiger partial charge is 0.481 e. The van der Waals surface area contributed by atoms with Crippen molar-refractivity contribution in [1.82, 2.24) is 4.98 Å². The second-order valence-electron chi connectivity index (χ2n) is 8.66. The van der Waals surface area contributed by atoms with E-state index in [1.54, 1.807) is 21.3 Å². The molecule has 170 valence electrons. The molecule has 0 bridgehead atoms. The van der Waals surface area contributed by atoms with E-state index in [9.17, 15) is 0 Å². The van der Waals surface area contributed by atoms with Crippen LogP contribution in [0.4, 0.5) is 0 Å². The lowest BCUT2D eigenvalue weighted by Gasteiger charge is -2.43. The van der Waals surface area contributed by atoms with Crippen LogP contribution in [0, 0.1) is 0 Å². The van der Waals surface area contributed by atoms with E-state index in [4.69, 9.17) is 18.6 Å². The van der Waals surface area contributed by atoms with Crippen molar-refractivity contribution >= 4 is 18.7 Å². The SMILES string of the molecule is COc1nc(C(OC)OC)ccc1CO[Si](c1ccccc1)(c1ccccc1)C(C)(C)C. The van der Waals surface area contributed by atoms with Crippen LogP contribution in [0.25, 0.3) is 0 Å². The first-order valence-corrected chi connectivity index (χ1v) is 12.6. The van der Waals surface area contributed by atoms with Crippen molar-refractivity contribution in [1.29, 1.82) is 0 Å². The van der Waals surface area contributed by atoms with Gasteiger partial charge in [0.25, 0.3) is 8.32 Å². The third-order valence-electron chi connectivity index (χ3n) is 5.68. The number of rotatable bonds is 9. The summed E-state index contributed by atoms with van der Waals surface area (Å²) in [5.74, 6) is 0.513. The normalized spacial score (nSPS) is 12.2. The van der Waals surface area contributed by atoms with Gasteiger partial charge in [-0.2, -0.15) is 0 Å². The summed E-state index contributed by atoms with van der Waals surface area (Å²) in [5.41, 5.74) is 1.54. The van der Waals surface area contributed by atoms with Crippen LogP contribution >= 0.6 is 0 Å². The van der Waals surface area contributed by atoms with Crippen LogP contribution in [0.1, 0.15) is 38.3 Å². The van der Waals surface area contributed by atoms with Gasteiger partial charge < -0.3 is 18.6 Å². The lowest BCUT2D eigenvalue weighted by Crippen LogP contribution is -2.66. The Hall–Kier alpha value is -2.51. The molecule has 0 aliphatic rings. The molecule has 0 aliphatic carbocycles. The topological polar surface area (TPSA) is 49.8 Å². The van der Waals surface area contributed by atoms with E-state index in [-0.39, 0.29) is 5.04 Å². The van der Waals surface area contributed by atoms with Crippen molar-refractivity contribution < 1.29 is 18.6 Å². The van der Waals surface area contributed by atoms with Crippen LogP contribution in [0.15, 0.2) is 72.8 Å². The third kappa shape index (κ3) is 4.78. The second kappa shape index (κ2) is 10.4. The third-order valence-corrected chi connectivity index (χ3v) is 10.7. The van der Waals surface area contributed by atoms with Gasteiger partial charge in [-0.15, -0.1) is 0 Å². The molecule has 6 heteroatoms. The van der Waals surface area contributed by atoms with Gasteiger partial charge in [0.1, 0.15) is 5.69 Å². The molecule has 32 heavy (non-hydrogen) atoms. The number of benzene rings is 2. The lowest BCUT2D eigenvalue weighted by molar-refractivity contribution is -0.108. The average molecular weight is 452 g/mol. The Bertz CT molecular complexity index is 946. The molecule has 3 aromatic rings. The van der Waals surface area contributed by atoms with Crippen molar-refractivity contribution in [3.05, 3.63) is 84.1 Å². The molecular formula is C26H33NO4Si. The summed E-state index contributed by atoms with van der Waals surface area (Å²) in [7, 11) is 2.14. The molecular weight excluding hydrogens is 418 g/mol. The molecule has 0 amide bonds. The maximum atomic E-state index is 7.00. The van der Waals surface area contributed by atoms with Gasteiger partial charge >= 0.3 is 0 Å². The molecule has 2 aromatic carbocycles. The first-order valence-electron chi connectivity index (χ1n) is 10.7. The highest BCUT2D eigenvalue weighted by Crippen LogP contribution is 2.37. The summed E-state index contributed by atoms with van der Waals surface area (Å²) in [4.78, 5) is 4.60. The van der Waals surface area contributed by atoms with Crippen molar-refractivity contribution in [2.24, 2.45) is 0 Å². The summed E-state index contributed by atoms with van der Waals surface area (Å²) in [6.45, 7) is 7.17. The quantitative estimate of drug-likeness (QED) is 0.355. The van der Waals surface area contributed by atoms with E-state index in [1.165, 1.54) is 10.4 Å². The van der Waals surface area contributed by atoms with Gasteiger partial charge in [-0.3, -0.25) is 0 Å². The maximum Gasteiger partial charge on any atom is 0.261 e. The zero-order valence-corrected chi connectivity index (χ0v) is 20.8. The highest BCUT2D eigenvalue weighted by Gasteiger charge is 2.50. The molecule has 1 heterocycles. The Morgan fingerprint density at radius 2 is 1.31 bits per heavy atom. The summed E-state index contributed by atoms with van der Waals surface area (Å²) in [6, 6.07) is 25.0. The van der Waals surface area contributed by atoms with Crippen LogP contribution in [-0.4, -0.2) is 34.6 Å². The van der Waals surface area contributed by atoms with Crippen LogP contribution in [0.3, 0.4) is 0 Å². The number of hydrogen-bond acceptors (Lipinski definition) is 5.